The summed E-state index contributed by atoms with van der Waals surface area (Å²) in [5.41, 5.74) is 13.3. The van der Waals surface area contributed by atoms with Crippen LogP contribution in [0.25, 0.3) is 115 Å². The highest BCUT2D eigenvalue weighted by atomic mass is 32.1. The van der Waals surface area contributed by atoms with Crippen molar-refractivity contribution in [2.45, 2.75) is 19.3 Å². The molecule has 6 heteroatoms. The fourth-order valence-electron chi connectivity index (χ4n) is 9.76. The Morgan fingerprint density at radius 1 is 0.450 bits per heavy atom. The maximum Gasteiger partial charge on any atom is 0.238 e. The van der Waals surface area contributed by atoms with Crippen LogP contribution in [0, 0.1) is 0 Å². The normalized spacial score (nSPS) is 13.3. The van der Waals surface area contributed by atoms with Crippen LogP contribution in [0.5, 0.6) is 0 Å². The summed E-state index contributed by atoms with van der Waals surface area (Å²) >= 11 is 1.80. The van der Waals surface area contributed by atoms with Gasteiger partial charge in [-0.15, -0.1) is 11.3 Å². The smallest absolute Gasteiger partial charge is 0.238 e. The average Bonchev–Trinajstić information content (AvgIpc) is 4.02. The van der Waals surface area contributed by atoms with E-state index in [2.05, 4.69) is 164 Å². The Bertz CT molecular complexity index is 3760. The molecule has 0 N–H and O–H groups in total. The standard InChI is InChI=1S/C54H34N4OS/c1-54(2)42-28-33(23-25-34(42)39-29-41-36-16-7-10-20-46(36)59-47(41)30-43(39)54)32-24-26-45-40(27-32)35-15-6-9-19-44(35)58(45)53-56-51(31-13-4-3-5-14-31)55-52(57-53)38-18-12-22-49-50(38)37-17-8-11-21-48(37)60-49/h3-30H,1-2H3. The van der Waals surface area contributed by atoms with Crippen LogP contribution in [-0.4, -0.2) is 19.5 Å². The van der Waals surface area contributed by atoms with E-state index in [0.717, 1.165) is 60.4 Å². The number of furan rings is 1. The molecular formula is C54H34N4OS. The van der Waals surface area contributed by atoms with Gasteiger partial charge in [0.25, 0.3) is 0 Å². The van der Waals surface area contributed by atoms with Gasteiger partial charge in [0.1, 0.15) is 11.2 Å². The fraction of sp³-hybridized carbons (Fsp3) is 0.0556. The number of fused-ring (bicyclic) bond motifs is 12. The van der Waals surface area contributed by atoms with Crippen LogP contribution in [0.4, 0.5) is 0 Å². The molecule has 60 heavy (non-hydrogen) atoms. The van der Waals surface area contributed by atoms with Crippen molar-refractivity contribution in [2.75, 3.05) is 0 Å². The van der Waals surface area contributed by atoms with Crippen molar-refractivity contribution in [2.24, 2.45) is 0 Å². The molecule has 13 rings (SSSR count). The van der Waals surface area contributed by atoms with Gasteiger partial charge >= 0.3 is 0 Å². The first-order valence-electron chi connectivity index (χ1n) is 20.3. The molecule has 282 valence electrons. The number of hydrogen-bond donors (Lipinski definition) is 0. The van der Waals surface area contributed by atoms with Crippen LogP contribution >= 0.6 is 11.3 Å². The van der Waals surface area contributed by atoms with E-state index < -0.39 is 0 Å². The fourth-order valence-corrected chi connectivity index (χ4v) is 10.9. The summed E-state index contributed by atoms with van der Waals surface area (Å²) in [6.45, 7) is 4.67. The van der Waals surface area contributed by atoms with Gasteiger partial charge in [-0.2, -0.15) is 9.97 Å². The molecule has 0 aliphatic heterocycles. The van der Waals surface area contributed by atoms with Gasteiger partial charge in [-0.25, -0.2) is 4.98 Å². The Morgan fingerprint density at radius 3 is 2.05 bits per heavy atom. The first-order valence-corrected chi connectivity index (χ1v) is 21.2. The third kappa shape index (κ3) is 4.76. The van der Waals surface area contributed by atoms with E-state index in [1.807, 2.05) is 24.3 Å². The molecule has 0 radical (unpaired) electrons. The summed E-state index contributed by atoms with van der Waals surface area (Å²) in [4.78, 5) is 15.7. The maximum absolute atomic E-state index is 6.35. The Labute approximate surface area is 348 Å². The number of benzene rings is 8. The van der Waals surface area contributed by atoms with E-state index in [4.69, 9.17) is 19.4 Å². The lowest BCUT2D eigenvalue weighted by atomic mass is 9.81. The third-order valence-electron chi connectivity index (χ3n) is 12.7. The summed E-state index contributed by atoms with van der Waals surface area (Å²) in [5, 5.41) is 6.99. The monoisotopic (exact) mass is 786 g/mol. The number of aromatic nitrogens is 4. The molecular weight excluding hydrogens is 753 g/mol. The van der Waals surface area contributed by atoms with Crippen molar-refractivity contribution in [3.63, 3.8) is 0 Å². The van der Waals surface area contributed by atoms with E-state index >= 15 is 0 Å². The molecule has 0 amide bonds. The predicted octanol–water partition coefficient (Wildman–Crippen LogP) is 14.5. The zero-order valence-corrected chi connectivity index (χ0v) is 33.6. The van der Waals surface area contributed by atoms with Crippen molar-refractivity contribution in [3.8, 4) is 51.0 Å². The molecule has 0 spiro atoms. The largest absolute Gasteiger partial charge is 0.456 e. The van der Waals surface area contributed by atoms with Crippen LogP contribution in [0.3, 0.4) is 0 Å². The molecule has 0 bridgehead atoms. The highest BCUT2D eigenvalue weighted by Crippen LogP contribution is 2.52. The maximum atomic E-state index is 6.35. The van der Waals surface area contributed by atoms with E-state index in [9.17, 15) is 0 Å². The van der Waals surface area contributed by atoms with Crippen molar-refractivity contribution >= 4 is 75.3 Å². The second-order valence-corrected chi connectivity index (χ2v) is 17.5. The van der Waals surface area contributed by atoms with Gasteiger partial charge in [0.15, 0.2) is 11.6 Å². The molecule has 12 aromatic rings. The Morgan fingerprint density at radius 2 is 1.15 bits per heavy atom. The topological polar surface area (TPSA) is 56.7 Å². The summed E-state index contributed by atoms with van der Waals surface area (Å²) < 4.78 is 11.0. The van der Waals surface area contributed by atoms with E-state index in [-0.39, 0.29) is 5.41 Å². The Balaban J connectivity index is 0.984. The van der Waals surface area contributed by atoms with Crippen molar-refractivity contribution < 1.29 is 4.42 Å². The summed E-state index contributed by atoms with van der Waals surface area (Å²) in [5.74, 6) is 1.88. The number of nitrogens with zero attached hydrogens (tertiary/aromatic N) is 4. The molecule has 0 unspecified atom stereocenters. The molecule has 1 aliphatic carbocycles. The van der Waals surface area contributed by atoms with Gasteiger partial charge in [0.2, 0.25) is 5.95 Å². The Hall–Kier alpha value is -7.41. The van der Waals surface area contributed by atoms with Gasteiger partial charge in [-0.1, -0.05) is 129 Å². The van der Waals surface area contributed by atoms with Crippen molar-refractivity contribution in [1.29, 1.82) is 0 Å². The summed E-state index contributed by atoms with van der Waals surface area (Å²) in [6.07, 6.45) is 0. The quantitative estimate of drug-likeness (QED) is 0.178. The van der Waals surface area contributed by atoms with Gasteiger partial charge < -0.3 is 4.42 Å². The highest BCUT2D eigenvalue weighted by molar-refractivity contribution is 7.25. The Kier molecular flexibility index (Phi) is 6.88. The molecule has 0 atom stereocenters. The van der Waals surface area contributed by atoms with E-state index in [1.54, 1.807) is 11.3 Å². The van der Waals surface area contributed by atoms with Gasteiger partial charge in [-0.3, -0.25) is 4.57 Å². The van der Waals surface area contributed by atoms with E-state index in [0.29, 0.717) is 17.6 Å². The lowest BCUT2D eigenvalue weighted by molar-refractivity contribution is 0.647. The van der Waals surface area contributed by atoms with Gasteiger partial charge in [0, 0.05) is 58.3 Å². The molecule has 4 heterocycles. The van der Waals surface area contributed by atoms with E-state index in [1.165, 1.54) is 48.0 Å². The van der Waals surface area contributed by atoms with Gasteiger partial charge in [0.05, 0.1) is 11.0 Å². The second kappa shape index (κ2) is 12.3. The lowest BCUT2D eigenvalue weighted by Gasteiger charge is -2.22. The molecule has 8 aromatic carbocycles. The number of thiophene rings is 1. The highest BCUT2D eigenvalue weighted by Gasteiger charge is 2.36. The summed E-state index contributed by atoms with van der Waals surface area (Å²) in [7, 11) is 0. The molecule has 1 aliphatic rings. The zero-order valence-electron chi connectivity index (χ0n) is 32.8. The summed E-state index contributed by atoms with van der Waals surface area (Å²) in [6, 6.07) is 60.6. The second-order valence-electron chi connectivity index (χ2n) is 16.4. The molecule has 0 fully saturated rings. The van der Waals surface area contributed by atoms with Crippen LogP contribution in [0.2, 0.25) is 0 Å². The third-order valence-corrected chi connectivity index (χ3v) is 13.8. The van der Waals surface area contributed by atoms with Crippen molar-refractivity contribution in [3.05, 3.63) is 181 Å². The van der Waals surface area contributed by atoms with Crippen LogP contribution in [0.15, 0.2) is 174 Å². The van der Waals surface area contributed by atoms with Crippen LogP contribution in [-0.2, 0) is 5.41 Å². The van der Waals surface area contributed by atoms with Crippen LogP contribution < -0.4 is 0 Å². The zero-order chi connectivity index (χ0) is 39.7. The van der Waals surface area contributed by atoms with Gasteiger partial charge in [-0.05, 0) is 88.0 Å². The number of rotatable bonds is 4. The molecule has 0 saturated heterocycles. The number of para-hydroxylation sites is 2. The first-order chi connectivity index (χ1) is 29.5. The molecule has 5 nitrogen and oxygen atoms in total. The minimum atomic E-state index is -0.194. The predicted molar refractivity (Wildman–Crippen MR) is 248 cm³/mol. The molecule has 4 aromatic heterocycles. The first kappa shape index (κ1) is 33.6. The SMILES string of the molecule is CC1(C)c2cc(-c3ccc4c(c3)c3ccccc3n4-c3nc(-c4ccccc4)nc(-c4cccc5sc6ccccc6c45)n3)ccc2-c2cc3c(cc21)oc1ccccc13. The van der Waals surface area contributed by atoms with Crippen LogP contribution in [0.1, 0.15) is 25.0 Å². The minimum absolute atomic E-state index is 0.194. The molecule has 0 saturated carbocycles. The number of hydrogen-bond acceptors (Lipinski definition) is 5. The van der Waals surface area contributed by atoms with Crippen molar-refractivity contribution in [1.82, 2.24) is 19.5 Å². The lowest BCUT2D eigenvalue weighted by Crippen LogP contribution is -2.15. The average molecular weight is 787 g/mol. The minimum Gasteiger partial charge on any atom is -0.456 e.